The Kier molecular flexibility index (Phi) is 7.03. The second-order valence-electron chi connectivity index (χ2n) is 7.65. The van der Waals surface area contributed by atoms with E-state index in [1.165, 1.54) is 18.2 Å². The number of aryl methyl sites for hydroxylation is 1. The van der Waals surface area contributed by atoms with Gasteiger partial charge in [0.2, 0.25) is 0 Å². The SMILES string of the molecule is O=NC1C(O)C(CO)OC(c2c(O)cc(O)c(C(=O)CCc3ccc(O)c(O)c3)c2O)C1O. The first-order valence-electron chi connectivity index (χ1n) is 9.87. The number of aliphatic hydroxyl groups is 3. The number of phenols is 5. The molecular weight excluding hydrogens is 442 g/mol. The van der Waals surface area contributed by atoms with Gasteiger partial charge in [-0.15, -0.1) is 0 Å². The molecular formula is C21H23NO11. The van der Waals surface area contributed by atoms with Crippen LogP contribution >= 0.6 is 0 Å². The maximum atomic E-state index is 12.8. The van der Waals surface area contributed by atoms with E-state index < -0.39 is 71.2 Å². The van der Waals surface area contributed by atoms with Crippen LogP contribution in [0.15, 0.2) is 29.4 Å². The molecule has 5 unspecified atom stereocenters. The maximum Gasteiger partial charge on any atom is 0.170 e. The molecule has 5 atom stereocenters. The molecule has 0 aromatic heterocycles. The highest BCUT2D eigenvalue weighted by molar-refractivity contribution is 6.02. The van der Waals surface area contributed by atoms with Gasteiger partial charge in [-0.1, -0.05) is 11.2 Å². The average Bonchev–Trinajstić information content (AvgIpc) is 2.76. The highest BCUT2D eigenvalue weighted by atomic mass is 16.5. The van der Waals surface area contributed by atoms with E-state index in [1.807, 2.05) is 0 Å². The van der Waals surface area contributed by atoms with Crippen LogP contribution in [0.5, 0.6) is 28.7 Å². The minimum absolute atomic E-state index is 0.0558. The first kappa shape index (κ1) is 24.2. The lowest BCUT2D eigenvalue weighted by Gasteiger charge is -2.39. The summed E-state index contributed by atoms with van der Waals surface area (Å²) < 4.78 is 5.35. The quantitative estimate of drug-likeness (QED) is 0.158. The third-order valence-corrected chi connectivity index (χ3v) is 5.56. The molecule has 12 nitrogen and oxygen atoms in total. The Labute approximate surface area is 186 Å². The zero-order valence-corrected chi connectivity index (χ0v) is 17.1. The summed E-state index contributed by atoms with van der Waals surface area (Å²) in [6.45, 7) is -0.777. The fourth-order valence-corrected chi connectivity index (χ4v) is 3.78. The van der Waals surface area contributed by atoms with Gasteiger partial charge in [0.15, 0.2) is 17.3 Å². The molecule has 12 heteroatoms. The number of hydrogen-bond acceptors (Lipinski definition) is 12. The summed E-state index contributed by atoms with van der Waals surface area (Å²) in [6.07, 6.45) is -6.79. The van der Waals surface area contributed by atoms with Crippen LogP contribution < -0.4 is 0 Å². The lowest BCUT2D eigenvalue weighted by molar-refractivity contribution is -0.191. The van der Waals surface area contributed by atoms with Crippen molar-refractivity contribution in [3.63, 3.8) is 0 Å². The molecule has 1 aliphatic rings. The molecule has 3 rings (SSSR count). The lowest BCUT2D eigenvalue weighted by Crippen LogP contribution is -2.54. The number of aromatic hydroxyl groups is 5. The molecule has 0 saturated carbocycles. The van der Waals surface area contributed by atoms with Gasteiger partial charge in [-0.05, 0) is 24.1 Å². The highest BCUT2D eigenvalue weighted by Crippen LogP contribution is 2.46. The molecule has 1 saturated heterocycles. The summed E-state index contributed by atoms with van der Waals surface area (Å²) >= 11 is 0. The smallest absolute Gasteiger partial charge is 0.170 e. The molecule has 0 amide bonds. The van der Waals surface area contributed by atoms with Crippen molar-refractivity contribution >= 4 is 5.78 Å². The van der Waals surface area contributed by atoms with E-state index in [1.54, 1.807) is 0 Å². The van der Waals surface area contributed by atoms with E-state index >= 15 is 0 Å². The second-order valence-corrected chi connectivity index (χ2v) is 7.65. The third kappa shape index (κ3) is 4.54. The Morgan fingerprint density at radius 2 is 1.64 bits per heavy atom. The number of nitrogens with zero attached hydrogens (tertiary/aromatic N) is 1. The molecule has 0 radical (unpaired) electrons. The van der Waals surface area contributed by atoms with Crippen LogP contribution in [-0.2, 0) is 11.2 Å². The Morgan fingerprint density at radius 3 is 2.24 bits per heavy atom. The van der Waals surface area contributed by atoms with Crippen molar-refractivity contribution in [2.45, 2.75) is 43.3 Å². The van der Waals surface area contributed by atoms with Gasteiger partial charge < -0.3 is 45.6 Å². The summed E-state index contributed by atoms with van der Waals surface area (Å²) in [6, 6.07) is 3.00. The van der Waals surface area contributed by atoms with Gasteiger partial charge in [0.25, 0.3) is 0 Å². The molecule has 2 aromatic rings. The molecule has 178 valence electrons. The number of rotatable bonds is 7. The number of ketones is 1. The summed E-state index contributed by atoms with van der Waals surface area (Å²) in [5, 5.41) is 82.6. The third-order valence-electron chi connectivity index (χ3n) is 5.56. The van der Waals surface area contributed by atoms with E-state index in [9.17, 15) is 50.6 Å². The summed E-state index contributed by atoms with van der Waals surface area (Å²) in [5.41, 5.74) is -0.656. The van der Waals surface area contributed by atoms with Crippen LogP contribution in [-0.4, -0.2) is 77.6 Å². The molecule has 1 heterocycles. The molecule has 8 N–H and O–H groups in total. The summed E-state index contributed by atoms with van der Waals surface area (Å²) in [4.78, 5) is 23.9. The van der Waals surface area contributed by atoms with Crippen LogP contribution in [0.3, 0.4) is 0 Å². The Bertz CT molecular complexity index is 1060. The highest BCUT2D eigenvalue weighted by Gasteiger charge is 2.48. The van der Waals surface area contributed by atoms with Crippen molar-refractivity contribution in [2.24, 2.45) is 5.18 Å². The van der Waals surface area contributed by atoms with Crippen molar-refractivity contribution < 1.29 is 50.4 Å². The first-order valence-corrected chi connectivity index (χ1v) is 9.87. The molecule has 1 fully saturated rings. The monoisotopic (exact) mass is 465 g/mol. The van der Waals surface area contributed by atoms with Crippen LogP contribution in [0.25, 0.3) is 0 Å². The van der Waals surface area contributed by atoms with Crippen molar-refractivity contribution in [1.82, 2.24) is 0 Å². The lowest BCUT2D eigenvalue weighted by atomic mass is 9.87. The van der Waals surface area contributed by atoms with E-state index in [0.717, 1.165) is 6.07 Å². The Balaban J connectivity index is 1.94. The number of aliphatic hydroxyl groups excluding tert-OH is 3. The zero-order chi connectivity index (χ0) is 24.4. The normalized spacial score (nSPS) is 25.0. The topological polar surface area (TPSA) is 218 Å². The van der Waals surface area contributed by atoms with Gasteiger partial charge in [-0.3, -0.25) is 4.79 Å². The number of carbonyl (C=O) groups excluding carboxylic acids is 1. The van der Waals surface area contributed by atoms with Gasteiger partial charge in [0.05, 0.1) is 12.2 Å². The molecule has 2 aromatic carbocycles. The van der Waals surface area contributed by atoms with Crippen LogP contribution in [0.4, 0.5) is 0 Å². The van der Waals surface area contributed by atoms with Crippen molar-refractivity contribution in [3.8, 4) is 28.7 Å². The number of hydrogen-bond donors (Lipinski definition) is 8. The van der Waals surface area contributed by atoms with Crippen LogP contribution in [0, 0.1) is 4.91 Å². The van der Waals surface area contributed by atoms with Gasteiger partial charge in [-0.2, -0.15) is 4.91 Å². The van der Waals surface area contributed by atoms with E-state index in [0.29, 0.717) is 5.56 Å². The minimum atomic E-state index is -1.86. The number of benzene rings is 2. The predicted octanol–water partition coefficient (Wildman–Crippen LogP) is 0.319. The maximum absolute atomic E-state index is 12.8. The summed E-state index contributed by atoms with van der Waals surface area (Å²) in [7, 11) is 0. The minimum Gasteiger partial charge on any atom is -0.507 e. The molecule has 0 spiro atoms. The first-order chi connectivity index (χ1) is 15.6. The van der Waals surface area contributed by atoms with Crippen LogP contribution in [0.1, 0.15) is 34.0 Å². The number of carbonyl (C=O) groups is 1. The summed E-state index contributed by atoms with van der Waals surface area (Å²) in [5.74, 6) is -3.96. The number of nitroso groups, excluding NO2 is 1. The second kappa shape index (κ2) is 9.58. The van der Waals surface area contributed by atoms with Crippen molar-refractivity contribution in [2.75, 3.05) is 6.61 Å². The van der Waals surface area contributed by atoms with E-state index in [-0.39, 0.29) is 24.3 Å². The fourth-order valence-electron chi connectivity index (χ4n) is 3.78. The average molecular weight is 465 g/mol. The number of Topliss-reactive ketones (excluding diaryl/α,β-unsaturated/α-hetero) is 1. The fraction of sp³-hybridized carbons (Fsp3) is 0.381. The molecule has 0 bridgehead atoms. The Hall–Kier alpha value is -3.45. The number of phenolic OH excluding ortho intramolecular Hbond substituents is 5. The van der Waals surface area contributed by atoms with E-state index in [2.05, 4.69) is 5.18 Å². The van der Waals surface area contributed by atoms with E-state index in [4.69, 9.17) is 4.74 Å². The van der Waals surface area contributed by atoms with Gasteiger partial charge >= 0.3 is 0 Å². The number of ether oxygens (including phenoxy) is 1. The van der Waals surface area contributed by atoms with Gasteiger partial charge in [0, 0.05) is 12.5 Å². The molecule has 0 aliphatic carbocycles. The van der Waals surface area contributed by atoms with Crippen LogP contribution in [0.2, 0.25) is 0 Å². The van der Waals surface area contributed by atoms with Gasteiger partial charge in [0.1, 0.15) is 53.3 Å². The zero-order valence-electron chi connectivity index (χ0n) is 17.1. The Morgan fingerprint density at radius 1 is 0.939 bits per heavy atom. The largest absolute Gasteiger partial charge is 0.507 e. The predicted molar refractivity (Wildman–Crippen MR) is 110 cm³/mol. The molecule has 33 heavy (non-hydrogen) atoms. The molecule has 1 aliphatic heterocycles. The van der Waals surface area contributed by atoms with Crippen molar-refractivity contribution in [1.29, 1.82) is 0 Å². The standard InChI is InChI=1S/C21H23NO11/c23-7-14-18(29)17(22-32)20(31)21(33-14)16-13(28)6-12(27)15(19(16)30)10(25)4-2-8-1-3-9(24)11(26)5-8/h1,3,5-6,14,17-18,20-21,23-24,26-31H,2,4,7H2. The van der Waals surface area contributed by atoms with Gasteiger partial charge in [-0.25, -0.2) is 0 Å². The van der Waals surface area contributed by atoms with Crippen molar-refractivity contribution in [3.05, 3.63) is 45.9 Å².